The van der Waals surface area contributed by atoms with Gasteiger partial charge in [0.05, 0.1) is 12.1 Å². The van der Waals surface area contributed by atoms with E-state index in [9.17, 15) is 9.59 Å². The van der Waals surface area contributed by atoms with Gasteiger partial charge in [-0.1, -0.05) is 0 Å². The van der Waals surface area contributed by atoms with Crippen LogP contribution in [0.4, 0.5) is 5.69 Å². The van der Waals surface area contributed by atoms with Crippen LogP contribution in [-0.2, 0) is 9.59 Å². The third-order valence-electron chi connectivity index (χ3n) is 4.70. The van der Waals surface area contributed by atoms with E-state index in [0.717, 1.165) is 0 Å². The average Bonchev–Trinajstić information content (AvgIpc) is 3.27. The molecule has 142 valence electrons. The summed E-state index contributed by atoms with van der Waals surface area (Å²) in [5.74, 6) is 1.72. The number of carbonyl (C=O) groups excluding carboxylic acids is 2. The van der Waals surface area contributed by atoms with Gasteiger partial charge in [-0.05, 0) is 26.0 Å². The van der Waals surface area contributed by atoms with E-state index in [0.29, 0.717) is 48.6 Å². The van der Waals surface area contributed by atoms with Gasteiger partial charge in [0, 0.05) is 24.7 Å². The lowest BCUT2D eigenvalue weighted by Crippen LogP contribution is -2.34. The lowest BCUT2D eigenvalue weighted by molar-refractivity contribution is -0.127. The highest BCUT2D eigenvalue weighted by Gasteiger charge is 2.36. The third-order valence-corrected chi connectivity index (χ3v) is 4.70. The molecule has 2 aliphatic rings. The Morgan fingerprint density at radius 3 is 2.81 bits per heavy atom. The molecule has 3 heterocycles. The van der Waals surface area contributed by atoms with Crippen LogP contribution in [0.5, 0.6) is 11.5 Å². The van der Waals surface area contributed by atoms with Gasteiger partial charge < -0.3 is 24.1 Å². The first-order valence-corrected chi connectivity index (χ1v) is 8.94. The Morgan fingerprint density at radius 1 is 1.30 bits per heavy atom. The quantitative estimate of drug-likeness (QED) is 0.883. The second-order valence-corrected chi connectivity index (χ2v) is 6.77. The number of nitrogens with one attached hydrogen (secondary N) is 1. The molecule has 1 N–H and O–H groups in total. The standard InChI is InChI=1S/C19H21N3O5/c1-11-9-20-19(27-11)12(2)21-18(24)13-7-17(23)22(10-13)14-3-4-15-16(8-14)26-6-5-25-15/h3-4,8-9,12-13H,5-7,10H2,1-2H3,(H,21,24). The molecule has 1 aromatic heterocycles. The number of anilines is 1. The van der Waals surface area contributed by atoms with Crippen molar-refractivity contribution >= 4 is 17.5 Å². The van der Waals surface area contributed by atoms with Gasteiger partial charge in [-0.2, -0.15) is 0 Å². The van der Waals surface area contributed by atoms with E-state index >= 15 is 0 Å². The number of benzene rings is 1. The van der Waals surface area contributed by atoms with Crippen LogP contribution in [0.3, 0.4) is 0 Å². The van der Waals surface area contributed by atoms with E-state index in [2.05, 4.69) is 10.3 Å². The molecule has 0 aliphatic carbocycles. The molecule has 4 rings (SSSR count). The molecule has 1 fully saturated rings. The summed E-state index contributed by atoms with van der Waals surface area (Å²) in [6, 6.07) is 5.02. The van der Waals surface area contributed by atoms with E-state index < -0.39 is 5.92 Å². The number of hydrogen-bond acceptors (Lipinski definition) is 6. The maximum Gasteiger partial charge on any atom is 0.227 e. The molecule has 2 amide bonds. The first kappa shape index (κ1) is 17.4. The smallest absolute Gasteiger partial charge is 0.227 e. The number of rotatable bonds is 4. The Morgan fingerprint density at radius 2 is 2.07 bits per heavy atom. The van der Waals surface area contributed by atoms with Crippen LogP contribution in [0.2, 0.25) is 0 Å². The van der Waals surface area contributed by atoms with Gasteiger partial charge in [0.15, 0.2) is 11.5 Å². The van der Waals surface area contributed by atoms with Crippen molar-refractivity contribution in [3.8, 4) is 11.5 Å². The first-order valence-electron chi connectivity index (χ1n) is 8.94. The second kappa shape index (κ2) is 6.94. The number of amides is 2. The first-order chi connectivity index (χ1) is 13.0. The molecule has 27 heavy (non-hydrogen) atoms. The summed E-state index contributed by atoms with van der Waals surface area (Å²) in [6.07, 6.45) is 1.78. The predicted octanol–water partition coefficient (Wildman–Crippen LogP) is 1.98. The molecule has 2 atom stereocenters. The van der Waals surface area contributed by atoms with Crippen LogP contribution in [-0.4, -0.2) is 36.6 Å². The zero-order valence-electron chi connectivity index (χ0n) is 15.2. The van der Waals surface area contributed by atoms with Gasteiger partial charge in [-0.3, -0.25) is 9.59 Å². The summed E-state index contributed by atoms with van der Waals surface area (Å²) < 4.78 is 16.5. The van der Waals surface area contributed by atoms with Gasteiger partial charge in [-0.15, -0.1) is 0 Å². The lowest BCUT2D eigenvalue weighted by Gasteiger charge is -2.22. The molecule has 0 spiro atoms. The van der Waals surface area contributed by atoms with Crippen LogP contribution in [0.1, 0.15) is 31.0 Å². The molecule has 0 radical (unpaired) electrons. The van der Waals surface area contributed by atoms with Gasteiger partial charge in [0.1, 0.15) is 25.0 Å². The Kier molecular flexibility index (Phi) is 4.47. The van der Waals surface area contributed by atoms with Crippen molar-refractivity contribution in [3.63, 3.8) is 0 Å². The van der Waals surface area contributed by atoms with Crippen molar-refractivity contribution in [1.82, 2.24) is 10.3 Å². The molecule has 1 aromatic carbocycles. The molecular weight excluding hydrogens is 350 g/mol. The normalized spacial score (nSPS) is 19.9. The highest BCUT2D eigenvalue weighted by Crippen LogP contribution is 2.36. The van der Waals surface area contributed by atoms with Crippen LogP contribution < -0.4 is 19.7 Å². The fourth-order valence-corrected chi connectivity index (χ4v) is 3.30. The molecule has 1 saturated heterocycles. The maximum atomic E-state index is 12.6. The number of ether oxygens (including phenoxy) is 2. The minimum absolute atomic E-state index is 0.0913. The number of aryl methyl sites for hydroxylation is 1. The molecular formula is C19H21N3O5. The second-order valence-electron chi connectivity index (χ2n) is 6.77. The summed E-state index contributed by atoms with van der Waals surface area (Å²) in [7, 11) is 0. The summed E-state index contributed by atoms with van der Waals surface area (Å²) in [5.41, 5.74) is 0.705. The van der Waals surface area contributed by atoms with Crippen molar-refractivity contribution in [3.05, 3.63) is 36.0 Å². The van der Waals surface area contributed by atoms with Gasteiger partial charge in [0.25, 0.3) is 0 Å². The van der Waals surface area contributed by atoms with E-state index in [1.54, 1.807) is 37.1 Å². The summed E-state index contributed by atoms with van der Waals surface area (Å²) in [5, 5.41) is 2.88. The van der Waals surface area contributed by atoms with Gasteiger partial charge >= 0.3 is 0 Å². The van der Waals surface area contributed by atoms with E-state index in [4.69, 9.17) is 13.9 Å². The van der Waals surface area contributed by atoms with Crippen LogP contribution in [0.15, 0.2) is 28.8 Å². The highest BCUT2D eigenvalue weighted by molar-refractivity contribution is 6.00. The maximum absolute atomic E-state index is 12.6. The van der Waals surface area contributed by atoms with Crippen LogP contribution in [0.25, 0.3) is 0 Å². The van der Waals surface area contributed by atoms with Crippen LogP contribution >= 0.6 is 0 Å². The highest BCUT2D eigenvalue weighted by atomic mass is 16.6. The van der Waals surface area contributed by atoms with Crippen molar-refractivity contribution < 1.29 is 23.5 Å². The summed E-state index contributed by atoms with van der Waals surface area (Å²) in [4.78, 5) is 30.8. The minimum Gasteiger partial charge on any atom is -0.486 e. The predicted molar refractivity (Wildman–Crippen MR) is 95.7 cm³/mol. The van der Waals surface area contributed by atoms with Gasteiger partial charge in [0.2, 0.25) is 17.7 Å². The minimum atomic E-state index is -0.427. The Balaban J connectivity index is 1.43. The zero-order valence-corrected chi connectivity index (χ0v) is 15.2. The Bertz CT molecular complexity index is 878. The van der Waals surface area contributed by atoms with E-state index in [-0.39, 0.29) is 24.3 Å². The summed E-state index contributed by atoms with van der Waals surface area (Å²) >= 11 is 0. The molecule has 0 bridgehead atoms. The van der Waals surface area contributed by atoms with Crippen LogP contribution in [0, 0.1) is 12.8 Å². The fraction of sp³-hybridized carbons (Fsp3) is 0.421. The molecule has 2 unspecified atom stereocenters. The average molecular weight is 371 g/mol. The van der Waals surface area contributed by atoms with Gasteiger partial charge in [-0.25, -0.2) is 4.98 Å². The molecule has 8 heteroatoms. The van der Waals surface area contributed by atoms with Crippen molar-refractivity contribution in [2.24, 2.45) is 5.92 Å². The monoisotopic (exact) mass is 371 g/mol. The Hall–Kier alpha value is -3.03. The van der Waals surface area contributed by atoms with Crippen molar-refractivity contribution in [2.45, 2.75) is 26.3 Å². The number of carbonyl (C=O) groups is 2. The van der Waals surface area contributed by atoms with E-state index in [1.165, 1.54) is 0 Å². The number of fused-ring (bicyclic) bond motifs is 1. The number of hydrogen-bond donors (Lipinski definition) is 1. The van der Waals surface area contributed by atoms with E-state index in [1.807, 2.05) is 6.07 Å². The molecule has 0 saturated carbocycles. The number of oxazole rings is 1. The molecule has 8 nitrogen and oxygen atoms in total. The largest absolute Gasteiger partial charge is 0.486 e. The SMILES string of the molecule is Cc1cnc(C(C)NC(=O)C2CC(=O)N(c3ccc4c(c3)OCCO4)C2)o1. The number of aromatic nitrogens is 1. The lowest BCUT2D eigenvalue weighted by atomic mass is 10.1. The van der Waals surface area contributed by atoms with Crippen molar-refractivity contribution in [1.29, 1.82) is 0 Å². The third kappa shape index (κ3) is 3.47. The number of nitrogens with zero attached hydrogens (tertiary/aromatic N) is 2. The topological polar surface area (TPSA) is 93.9 Å². The molecule has 2 aliphatic heterocycles. The zero-order chi connectivity index (χ0) is 19.0. The summed E-state index contributed by atoms with van der Waals surface area (Å²) in [6.45, 7) is 4.92. The molecule has 2 aromatic rings. The Labute approximate surface area is 156 Å². The fourth-order valence-electron chi connectivity index (χ4n) is 3.30. The van der Waals surface area contributed by atoms with Crippen molar-refractivity contribution in [2.75, 3.05) is 24.7 Å².